The molecule has 0 aromatic heterocycles. The Bertz CT molecular complexity index is 4060. The van der Waals surface area contributed by atoms with Crippen LogP contribution in [0.25, 0.3) is 77.2 Å². The first-order valence-corrected chi connectivity index (χ1v) is 25.6. The van der Waals surface area contributed by atoms with E-state index in [1.807, 2.05) is 0 Å². The Morgan fingerprint density at radius 1 is 0.288 bits per heavy atom. The molecule has 0 unspecified atom stereocenters. The van der Waals surface area contributed by atoms with Crippen molar-refractivity contribution >= 4 is 38.6 Å². The number of hydrogen-bond acceptors (Lipinski definition) is 1. The van der Waals surface area contributed by atoms with Crippen molar-refractivity contribution in [2.45, 2.75) is 24.7 Å². The van der Waals surface area contributed by atoms with Crippen molar-refractivity contribution in [1.82, 2.24) is 0 Å². The lowest BCUT2D eigenvalue weighted by Crippen LogP contribution is -2.28. The number of nitrogens with zero attached hydrogens (tertiary/aromatic N) is 1. The molecule has 1 heteroatoms. The standard InChI is InChI=1S/C72H51N/c1-71(2)63-39-21-19-34-57(63)59-45-43-53(47-65(59)71)73(67-41-23-38-54(48-24-7-3-8-25-48)68(67)49-26-9-4-10-27-49)70-62-37-18-16-33-56(62)55-32-15-17-36-61(55)69(70)50-42-44-60-58-35-20-22-40-64(58)72(66(60)46-50,51-28-11-5-12-29-51)52-30-13-6-14-31-52/h3-47H,1-2H3. The molecule has 2 aliphatic rings. The molecule has 0 fully saturated rings. The van der Waals surface area contributed by atoms with Crippen LogP contribution >= 0.6 is 0 Å². The Morgan fingerprint density at radius 2 is 0.767 bits per heavy atom. The number of hydrogen-bond donors (Lipinski definition) is 0. The highest BCUT2D eigenvalue weighted by atomic mass is 15.2. The molecule has 0 N–H and O–H groups in total. The number of anilines is 3. The van der Waals surface area contributed by atoms with Gasteiger partial charge in [0.25, 0.3) is 0 Å². The van der Waals surface area contributed by atoms with E-state index in [1.165, 1.54) is 105 Å². The second-order valence-electron chi connectivity index (χ2n) is 20.3. The fraction of sp³-hybridized carbons (Fsp3) is 0.0556. The maximum Gasteiger partial charge on any atom is 0.0713 e. The molecule has 2 aliphatic carbocycles. The van der Waals surface area contributed by atoms with Crippen molar-refractivity contribution in [2.75, 3.05) is 4.90 Å². The van der Waals surface area contributed by atoms with Gasteiger partial charge in [-0.05, 0) is 118 Å². The molecule has 14 rings (SSSR count). The van der Waals surface area contributed by atoms with Gasteiger partial charge in [0.05, 0.1) is 16.8 Å². The smallest absolute Gasteiger partial charge is 0.0713 e. The van der Waals surface area contributed by atoms with Crippen molar-refractivity contribution in [3.8, 4) is 55.6 Å². The van der Waals surface area contributed by atoms with Crippen molar-refractivity contribution in [3.05, 3.63) is 306 Å². The molecule has 12 aromatic rings. The van der Waals surface area contributed by atoms with Crippen LogP contribution in [0.1, 0.15) is 47.2 Å². The van der Waals surface area contributed by atoms with Crippen molar-refractivity contribution < 1.29 is 0 Å². The average Bonchev–Trinajstić information content (AvgIpc) is 3.89. The Kier molecular flexibility index (Phi) is 9.85. The first-order chi connectivity index (χ1) is 36.0. The number of rotatable bonds is 8. The normalized spacial score (nSPS) is 13.6. The third kappa shape index (κ3) is 6.42. The van der Waals surface area contributed by atoms with Crippen LogP contribution in [0.15, 0.2) is 273 Å². The maximum atomic E-state index is 2.63. The molecule has 1 nitrogen and oxygen atoms in total. The van der Waals surface area contributed by atoms with Gasteiger partial charge in [-0.15, -0.1) is 0 Å². The Morgan fingerprint density at radius 3 is 1.44 bits per heavy atom. The average molecular weight is 930 g/mol. The highest BCUT2D eigenvalue weighted by Gasteiger charge is 2.46. The largest absolute Gasteiger partial charge is 0.309 e. The SMILES string of the molecule is CC1(C)c2ccccc2-c2ccc(N(c3cccc(-c4ccccc4)c3-c3ccccc3)c3c(-c4ccc5c(c4)C(c4ccccc4)(c4ccccc4)c4ccccc4-5)c4ccccc4c4ccccc34)cc21. The lowest BCUT2D eigenvalue weighted by atomic mass is 9.67. The second kappa shape index (κ2) is 16.8. The Hall–Kier alpha value is -9.04. The lowest BCUT2D eigenvalue weighted by Gasteiger charge is -2.35. The predicted molar refractivity (Wildman–Crippen MR) is 307 cm³/mol. The summed E-state index contributed by atoms with van der Waals surface area (Å²) >= 11 is 0. The molecule has 73 heavy (non-hydrogen) atoms. The molecular formula is C72H51N. The van der Waals surface area contributed by atoms with Gasteiger partial charge in [-0.3, -0.25) is 0 Å². The van der Waals surface area contributed by atoms with Gasteiger partial charge in [0.15, 0.2) is 0 Å². The molecular weight excluding hydrogens is 879 g/mol. The first-order valence-electron chi connectivity index (χ1n) is 25.6. The fourth-order valence-corrected chi connectivity index (χ4v) is 13.0. The van der Waals surface area contributed by atoms with Crippen LogP contribution in [0, 0.1) is 0 Å². The molecule has 12 aromatic carbocycles. The van der Waals surface area contributed by atoms with Gasteiger partial charge in [-0.1, -0.05) is 263 Å². The molecule has 344 valence electrons. The van der Waals surface area contributed by atoms with Crippen LogP contribution in [-0.4, -0.2) is 0 Å². The monoisotopic (exact) mass is 929 g/mol. The van der Waals surface area contributed by atoms with E-state index >= 15 is 0 Å². The molecule has 0 bridgehead atoms. The minimum Gasteiger partial charge on any atom is -0.309 e. The van der Waals surface area contributed by atoms with E-state index in [4.69, 9.17) is 0 Å². The van der Waals surface area contributed by atoms with Crippen LogP contribution in [0.4, 0.5) is 17.1 Å². The summed E-state index contributed by atoms with van der Waals surface area (Å²) < 4.78 is 0. The van der Waals surface area contributed by atoms with E-state index in [2.05, 4.69) is 292 Å². The highest BCUT2D eigenvalue weighted by Crippen LogP contribution is 2.59. The summed E-state index contributed by atoms with van der Waals surface area (Å²) in [6.45, 7) is 4.78. The molecule has 0 aliphatic heterocycles. The maximum absolute atomic E-state index is 2.63. The van der Waals surface area contributed by atoms with Gasteiger partial charge in [0, 0.05) is 27.6 Å². The third-order valence-electron chi connectivity index (χ3n) is 16.1. The van der Waals surface area contributed by atoms with Gasteiger partial charge in [0.2, 0.25) is 0 Å². The predicted octanol–water partition coefficient (Wildman–Crippen LogP) is 19.1. The van der Waals surface area contributed by atoms with Crippen molar-refractivity contribution in [2.24, 2.45) is 0 Å². The first kappa shape index (κ1) is 42.8. The molecule has 0 atom stereocenters. The summed E-state index contributed by atoms with van der Waals surface area (Å²) in [5.74, 6) is 0. The van der Waals surface area contributed by atoms with Crippen LogP contribution in [-0.2, 0) is 10.8 Å². The minimum atomic E-state index is -0.567. The second-order valence-corrected chi connectivity index (χ2v) is 20.3. The van der Waals surface area contributed by atoms with E-state index in [0.29, 0.717) is 0 Å². The van der Waals surface area contributed by atoms with Gasteiger partial charge in [0.1, 0.15) is 0 Å². The molecule has 0 spiro atoms. The lowest BCUT2D eigenvalue weighted by molar-refractivity contribution is 0.660. The van der Waals surface area contributed by atoms with E-state index in [9.17, 15) is 0 Å². The number of benzene rings is 12. The Labute approximate surface area is 428 Å². The molecule has 0 radical (unpaired) electrons. The van der Waals surface area contributed by atoms with Gasteiger partial charge >= 0.3 is 0 Å². The number of fused-ring (bicyclic) bond motifs is 9. The van der Waals surface area contributed by atoms with Crippen LogP contribution in [0.3, 0.4) is 0 Å². The van der Waals surface area contributed by atoms with Crippen molar-refractivity contribution in [1.29, 1.82) is 0 Å². The van der Waals surface area contributed by atoms with Crippen LogP contribution in [0.5, 0.6) is 0 Å². The Balaban J connectivity index is 1.14. The zero-order valence-corrected chi connectivity index (χ0v) is 40.9. The quantitative estimate of drug-likeness (QED) is 0.137. The van der Waals surface area contributed by atoms with Crippen LogP contribution in [0.2, 0.25) is 0 Å². The third-order valence-corrected chi connectivity index (χ3v) is 16.1. The summed E-state index contributed by atoms with van der Waals surface area (Å²) in [4.78, 5) is 2.63. The van der Waals surface area contributed by atoms with Gasteiger partial charge in [-0.2, -0.15) is 0 Å². The summed E-state index contributed by atoms with van der Waals surface area (Å²) in [5.41, 5.74) is 22.6. The van der Waals surface area contributed by atoms with E-state index in [0.717, 1.165) is 22.6 Å². The molecule has 0 saturated carbocycles. The molecule has 0 heterocycles. The topological polar surface area (TPSA) is 3.24 Å². The summed E-state index contributed by atoms with van der Waals surface area (Å²) in [6.07, 6.45) is 0. The van der Waals surface area contributed by atoms with E-state index < -0.39 is 5.41 Å². The van der Waals surface area contributed by atoms with E-state index in [1.54, 1.807) is 0 Å². The van der Waals surface area contributed by atoms with Gasteiger partial charge < -0.3 is 4.90 Å². The zero-order chi connectivity index (χ0) is 48.7. The minimum absolute atomic E-state index is 0.219. The molecule has 0 amide bonds. The van der Waals surface area contributed by atoms with Crippen LogP contribution < -0.4 is 4.90 Å². The summed E-state index contributed by atoms with van der Waals surface area (Å²) in [5, 5.41) is 4.83. The zero-order valence-electron chi connectivity index (χ0n) is 40.9. The summed E-state index contributed by atoms with van der Waals surface area (Å²) in [6, 6.07) is 102. The molecule has 0 saturated heterocycles. The van der Waals surface area contributed by atoms with Crippen molar-refractivity contribution in [3.63, 3.8) is 0 Å². The highest BCUT2D eigenvalue weighted by molar-refractivity contribution is 6.23. The summed E-state index contributed by atoms with van der Waals surface area (Å²) in [7, 11) is 0. The van der Waals surface area contributed by atoms with E-state index in [-0.39, 0.29) is 5.41 Å². The fourth-order valence-electron chi connectivity index (χ4n) is 13.0. The van der Waals surface area contributed by atoms with Gasteiger partial charge in [-0.25, -0.2) is 0 Å².